The minimum absolute atomic E-state index is 0.205. The maximum atomic E-state index is 11.5. The molecular weight excluding hydrogens is 372 g/mol. The van der Waals surface area contributed by atoms with Crippen LogP contribution in [0, 0.1) is 46.3 Å². The van der Waals surface area contributed by atoms with Crippen LogP contribution in [0.5, 0.6) is 0 Å². The van der Waals surface area contributed by atoms with Gasteiger partial charge in [0.05, 0.1) is 5.92 Å². The third kappa shape index (κ3) is 3.67. The van der Waals surface area contributed by atoms with Gasteiger partial charge in [-0.05, 0) is 98.2 Å². The maximum absolute atomic E-state index is 11.5. The topological polar surface area (TPSA) is 46.5 Å². The lowest BCUT2D eigenvalue weighted by molar-refractivity contribution is -0.238. The molecule has 0 aromatic heterocycles. The molecule has 8 atom stereocenters. The summed E-state index contributed by atoms with van der Waals surface area (Å²) >= 11 is 0. The lowest BCUT2D eigenvalue weighted by Gasteiger charge is -2.58. The first-order valence-electron chi connectivity index (χ1n) is 12.9. The van der Waals surface area contributed by atoms with Crippen molar-refractivity contribution in [3.63, 3.8) is 0 Å². The lowest BCUT2D eigenvalue weighted by Crippen LogP contribution is -2.50. The second kappa shape index (κ2) is 8.60. The van der Waals surface area contributed by atoms with Gasteiger partial charge in [-0.3, -0.25) is 0 Å². The first kappa shape index (κ1) is 22.4. The Labute approximate surface area is 184 Å². The van der Waals surface area contributed by atoms with Crippen molar-refractivity contribution in [1.29, 1.82) is 0 Å². The van der Waals surface area contributed by atoms with Crippen molar-refractivity contribution >= 4 is 5.97 Å². The molecule has 30 heavy (non-hydrogen) atoms. The number of carbonyl (C=O) groups is 1. The van der Waals surface area contributed by atoms with E-state index in [0.29, 0.717) is 16.7 Å². The van der Waals surface area contributed by atoms with Gasteiger partial charge in [-0.2, -0.15) is 5.26 Å². The highest BCUT2D eigenvalue weighted by molar-refractivity contribution is 5.71. The van der Waals surface area contributed by atoms with Gasteiger partial charge < -0.3 is 4.89 Å². The fourth-order valence-corrected chi connectivity index (χ4v) is 8.83. The summed E-state index contributed by atoms with van der Waals surface area (Å²) in [5.74, 6) is 3.59. The molecule has 3 heteroatoms. The minimum Gasteiger partial charge on any atom is -0.301 e. The predicted octanol–water partition coefficient (Wildman–Crippen LogP) is 7.41. The summed E-state index contributed by atoms with van der Waals surface area (Å²) in [7, 11) is 0. The molecule has 0 aromatic rings. The van der Waals surface area contributed by atoms with Gasteiger partial charge in [0.25, 0.3) is 0 Å². The van der Waals surface area contributed by atoms with Gasteiger partial charge in [0, 0.05) is 0 Å². The number of hydrogen-bond donors (Lipinski definition) is 1. The van der Waals surface area contributed by atoms with Crippen LogP contribution in [0.15, 0.2) is 11.6 Å². The SMILES string of the molecule is CC(CCCC(C)[C@H]1CC[C@H]2[C@@H]3CC=C4CCCC[C@]4(C)[C@H]3CC[C@]12C)C(=O)OO. The number of rotatable bonds is 6. The molecule has 3 fully saturated rings. The van der Waals surface area contributed by atoms with Gasteiger partial charge in [0.2, 0.25) is 0 Å². The summed E-state index contributed by atoms with van der Waals surface area (Å²) in [4.78, 5) is 15.4. The number of allylic oxidation sites excluding steroid dienone is 2. The van der Waals surface area contributed by atoms with E-state index < -0.39 is 5.97 Å². The van der Waals surface area contributed by atoms with E-state index in [9.17, 15) is 4.79 Å². The number of fused-ring (bicyclic) bond motifs is 5. The Morgan fingerprint density at radius 2 is 1.93 bits per heavy atom. The van der Waals surface area contributed by atoms with E-state index in [1.165, 1.54) is 64.2 Å². The van der Waals surface area contributed by atoms with Gasteiger partial charge in [-0.1, -0.05) is 58.6 Å². The van der Waals surface area contributed by atoms with Crippen molar-refractivity contribution in [2.45, 2.75) is 105 Å². The van der Waals surface area contributed by atoms with Crippen LogP contribution < -0.4 is 0 Å². The summed E-state index contributed by atoms with van der Waals surface area (Å²) in [5.41, 5.74) is 2.83. The smallest absolute Gasteiger partial charge is 0.301 e. The second-order valence-corrected chi connectivity index (χ2v) is 11.9. The highest BCUT2D eigenvalue weighted by atomic mass is 17.1. The van der Waals surface area contributed by atoms with E-state index in [4.69, 9.17) is 5.26 Å². The van der Waals surface area contributed by atoms with Crippen molar-refractivity contribution in [3.8, 4) is 0 Å². The third-order valence-corrected chi connectivity index (χ3v) is 10.6. The number of carbonyl (C=O) groups excluding carboxylic acids is 1. The van der Waals surface area contributed by atoms with E-state index in [2.05, 4.69) is 31.7 Å². The van der Waals surface area contributed by atoms with E-state index in [0.717, 1.165) is 36.5 Å². The minimum atomic E-state index is -0.491. The van der Waals surface area contributed by atoms with Crippen LogP contribution in [0.1, 0.15) is 105 Å². The van der Waals surface area contributed by atoms with Gasteiger partial charge >= 0.3 is 5.97 Å². The highest BCUT2D eigenvalue weighted by Gasteiger charge is 2.58. The first-order chi connectivity index (χ1) is 14.3. The van der Waals surface area contributed by atoms with Crippen LogP contribution in [0.2, 0.25) is 0 Å². The molecule has 170 valence electrons. The van der Waals surface area contributed by atoms with Crippen LogP contribution in [-0.4, -0.2) is 11.2 Å². The molecule has 0 radical (unpaired) electrons. The summed E-state index contributed by atoms with van der Waals surface area (Å²) in [6, 6.07) is 0. The van der Waals surface area contributed by atoms with Crippen molar-refractivity contribution < 1.29 is 14.9 Å². The Morgan fingerprint density at radius 1 is 1.13 bits per heavy atom. The van der Waals surface area contributed by atoms with E-state index in [1.807, 2.05) is 12.5 Å². The van der Waals surface area contributed by atoms with Crippen molar-refractivity contribution in [2.24, 2.45) is 46.3 Å². The third-order valence-electron chi connectivity index (χ3n) is 10.6. The van der Waals surface area contributed by atoms with Crippen LogP contribution >= 0.6 is 0 Å². The maximum Gasteiger partial charge on any atom is 0.344 e. The van der Waals surface area contributed by atoms with E-state index >= 15 is 0 Å². The fraction of sp³-hybridized carbons (Fsp3) is 0.889. The van der Waals surface area contributed by atoms with Crippen molar-refractivity contribution in [1.82, 2.24) is 0 Å². The van der Waals surface area contributed by atoms with Gasteiger partial charge in [-0.15, -0.1) is 0 Å². The Balaban J connectivity index is 1.41. The molecule has 4 rings (SSSR count). The van der Waals surface area contributed by atoms with Crippen molar-refractivity contribution in [2.75, 3.05) is 0 Å². The molecule has 2 unspecified atom stereocenters. The molecule has 0 spiro atoms. The normalized spacial score (nSPS) is 42.4. The lowest BCUT2D eigenvalue weighted by atomic mass is 9.47. The van der Waals surface area contributed by atoms with Crippen LogP contribution in [0.25, 0.3) is 0 Å². The molecule has 3 saturated carbocycles. The van der Waals surface area contributed by atoms with E-state index in [1.54, 1.807) is 0 Å². The van der Waals surface area contributed by atoms with Gasteiger partial charge in [0.15, 0.2) is 0 Å². The summed E-state index contributed by atoms with van der Waals surface area (Å²) in [5, 5.41) is 8.58. The molecule has 4 aliphatic carbocycles. The van der Waals surface area contributed by atoms with Crippen LogP contribution in [0.4, 0.5) is 0 Å². The summed E-state index contributed by atoms with van der Waals surface area (Å²) in [6.07, 6.45) is 18.4. The standard InChI is InChI=1S/C27H44O3/c1-18(8-7-9-19(2)25(28)30-29)22-13-14-23-21-12-11-20-10-5-6-16-26(20,3)24(21)15-17-27(22,23)4/h11,18-19,21-24,29H,5-10,12-17H2,1-4H3/t18?,19?,21-,22+,23-,24-,26-,27+/m0/s1. The molecule has 0 saturated heterocycles. The number of hydrogen-bond acceptors (Lipinski definition) is 3. The van der Waals surface area contributed by atoms with Crippen LogP contribution in [-0.2, 0) is 9.68 Å². The quantitative estimate of drug-likeness (QED) is 0.278. The molecule has 0 aromatic carbocycles. The summed E-state index contributed by atoms with van der Waals surface area (Å²) < 4.78 is 0. The first-order valence-corrected chi connectivity index (χ1v) is 12.9. The molecule has 1 N–H and O–H groups in total. The van der Waals surface area contributed by atoms with Crippen molar-refractivity contribution in [3.05, 3.63) is 11.6 Å². The van der Waals surface area contributed by atoms with Gasteiger partial charge in [0.1, 0.15) is 0 Å². The van der Waals surface area contributed by atoms with Crippen LogP contribution in [0.3, 0.4) is 0 Å². The molecule has 3 nitrogen and oxygen atoms in total. The average molecular weight is 417 g/mol. The molecular formula is C27H44O3. The molecule has 0 aliphatic heterocycles. The monoisotopic (exact) mass is 416 g/mol. The second-order valence-electron chi connectivity index (χ2n) is 11.9. The zero-order chi connectivity index (χ0) is 21.5. The van der Waals surface area contributed by atoms with Gasteiger partial charge in [-0.25, -0.2) is 4.79 Å². The molecule has 0 bridgehead atoms. The molecule has 0 heterocycles. The largest absolute Gasteiger partial charge is 0.344 e. The average Bonchev–Trinajstić information content (AvgIpc) is 3.09. The van der Waals surface area contributed by atoms with E-state index in [-0.39, 0.29) is 5.92 Å². The zero-order valence-corrected chi connectivity index (χ0v) is 19.8. The fourth-order valence-electron chi connectivity index (χ4n) is 8.83. The Kier molecular flexibility index (Phi) is 6.41. The Morgan fingerprint density at radius 3 is 2.70 bits per heavy atom. The Hall–Kier alpha value is -0.830. The zero-order valence-electron chi connectivity index (χ0n) is 19.8. The highest BCUT2D eigenvalue weighted by Crippen LogP contribution is 2.67. The molecule has 4 aliphatic rings. The summed E-state index contributed by atoms with van der Waals surface area (Å²) in [6.45, 7) is 9.57. The molecule has 0 amide bonds. The Bertz CT molecular complexity index is 669. The predicted molar refractivity (Wildman–Crippen MR) is 121 cm³/mol.